The van der Waals surface area contributed by atoms with Crippen LogP contribution in [0.1, 0.15) is 45.0 Å². The first kappa shape index (κ1) is 24.8. The Morgan fingerprint density at radius 1 is 0.914 bits per heavy atom. The summed E-state index contributed by atoms with van der Waals surface area (Å²) in [5.74, 6) is -3.70. The van der Waals surface area contributed by atoms with Crippen molar-refractivity contribution in [2.45, 2.75) is 33.9 Å². The average Bonchev–Trinajstić information content (AvgIpc) is 3.21. The molecule has 13 nitrogen and oxygen atoms in total. The maximum atomic E-state index is 12.3. The first-order valence-electron chi connectivity index (χ1n) is 9.99. The fourth-order valence-electron chi connectivity index (χ4n) is 3.07. The lowest BCUT2D eigenvalue weighted by Crippen LogP contribution is -2.25. The van der Waals surface area contributed by atoms with Crippen molar-refractivity contribution in [2.24, 2.45) is 5.10 Å². The largest absolute Gasteiger partial charge is 0.446 e. The van der Waals surface area contributed by atoms with Gasteiger partial charge >= 0.3 is 17.9 Å². The molecule has 0 saturated heterocycles. The predicted molar refractivity (Wildman–Crippen MR) is 116 cm³/mol. The number of non-ortho nitro benzene ring substituents is 1. The van der Waals surface area contributed by atoms with Crippen molar-refractivity contribution in [3.63, 3.8) is 0 Å². The summed E-state index contributed by atoms with van der Waals surface area (Å²) in [5, 5.41) is 16.0. The van der Waals surface area contributed by atoms with Gasteiger partial charge in [0.15, 0.2) is 11.5 Å². The standard InChI is InChI=1S/C22H19N3O10/c1-11(26)24-22(35-21(23-24)15-5-7-17(8-6-15)25(30)31)16-9-18(32-12(2)27)20(34-14(4)29)19(10-16)33-13(3)28/h5-10,22H,1-4H3/t22-/m1/s1. The van der Waals surface area contributed by atoms with Crippen molar-refractivity contribution in [1.82, 2.24) is 5.01 Å². The smallest absolute Gasteiger partial charge is 0.308 e. The van der Waals surface area contributed by atoms with Crippen LogP contribution in [0.15, 0.2) is 41.5 Å². The van der Waals surface area contributed by atoms with Crippen LogP contribution in [-0.2, 0) is 23.9 Å². The quantitative estimate of drug-likeness (QED) is 0.257. The van der Waals surface area contributed by atoms with Crippen molar-refractivity contribution in [3.8, 4) is 17.2 Å². The lowest BCUT2D eigenvalue weighted by molar-refractivity contribution is -0.384. The second-order valence-electron chi connectivity index (χ2n) is 7.17. The Morgan fingerprint density at radius 3 is 1.86 bits per heavy atom. The van der Waals surface area contributed by atoms with Crippen molar-refractivity contribution in [1.29, 1.82) is 0 Å². The van der Waals surface area contributed by atoms with Crippen LogP contribution in [0.5, 0.6) is 17.2 Å². The number of ether oxygens (including phenoxy) is 4. The number of amides is 1. The van der Waals surface area contributed by atoms with Gasteiger partial charge in [-0.05, 0) is 24.3 Å². The van der Waals surface area contributed by atoms with Crippen LogP contribution in [0.4, 0.5) is 5.69 Å². The summed E-state index contributed by atoms with van der Waals surface area (Å²) in [6, 6.07) is 7.82. The van der Waals surface area contributed by atoms with Crippen molar-refractivity contribution >= 4 is 35.4 Å². The summed E-state index contributed by atoms with van der Waals surface area (Å²) in [6.45, 7) is 4.55. The Bertz CT molecular complexity index is 1220. The van der Waals surface area contributed by atoms with Gasteiger partial charge in [-0.25, -0.2) is 0 Å². The van der Waals surface area contributed by atoms with Crippen molar-refractivity contribution in [2.75, 3.05) is 0 Å². The molecule has 0 bridgehead atoms. The van der Waals surface area contributed by atoms with Crippen LogP contribution in [-0.4, -0.2) is 39.6 Å². The summed E-state index contributed by atoms with van der Waals surface area (Å²) in [4.78, 5) is 57.6. The van der Waals surface area contributed by atoms with Crippen LogP contribution < -0.4 is 14.2 Å². The highest BCUT2D eigenvalue weighted by Gasteiger charge is 2.35. The minimum Gasteiger partial charge on any atom is -0.446 e. The highest BCUT2D eigenvalue weighted by Crippen LogP contribution is 2.43. The molecule has 3 rings (SSSR count). The number of hydrazone groups is 1. The van der Waals surface area contributed by atoms with E-state index in [1.165, 1.54) is 43.3 Å². The number of carbonyl (C=O) groups excluding carboxylic acids is 4. The van der Waals surface area contributed by atoms with E-state index in [4.69, 9.17) is 18.9 Å². The third-order valence-corrected chi connectivity index (χ3v) is 4.37. The van der Waals surface area contributed by atoms with Crippen LogP contribution in [0, 0.1) is 10.1 Å². The molecule has 13 heteroatoms. The number of carbonyl (C=O) groups is 4. The first-order chi connectivity index (χ1) is 16.5. The number of nitro groups is 1. The van der Waals surface area contributed by atoms with Crippen molar-refractivity contribution in [3.05, 3.63) is 57.6 Å². The molecule has 35 heavy (non-hydrogen) atoms. The normalized spacial score (nSPS) is 14.5. The molecule has 0 unspecified atom stereocenters. The summed E-state index contributed by atoms with van der Waals surface area (Å²) in [7, 11) is 0. The third-order valence-electron chi connectivity index (χ3n) is 4.37. The molecule has 0 fully saturated rings. The van der Waals surface area contributed by atoms with E-state index >= 15 is 0 Å². The predicted octanol–water partition coefficient (Wildman–Crippen LogP) is 2.61. The van der Waals surface area contributed by atoms with E-state index in [1.807, 2.05) is 0 Å². The molecule has 0 radical (unpaired) electrons. The van der Waals surface area contributed by atoms with E-state index in [0.29, 0.717) is 5.56 Å². The minimum atomic E-state index is -1.20. The highest BCUT2D eigenvalue weighted by atomic mass is 16.6. The molecule has 0 N–H and O–H groups in total. The van der Waals surface area contributed by atoms with E-state index in [9.17, 15) is 29.3 Å². The molecule has 0 aromatic heterocycles. The second kappa shape index (κ2) is 9.99. The molecule has 0 saturated carbocycles. The molecular weight excluding hydrogens is 466 g/mol. The Kier molecular flexibility index (Phi) is 7.08. The Hall–Kier alpha value is -4.81. The molecule has 2 aromatic rings. The summed E-state index contributed by atoms with van der Waals surface area (Å²) >= 11 is 0. The molecule has 1 atom stereocenters. The lowest BCUT2D eigenvalue weighted by atomic mass is 10.1. The molecule has 1 aliphatic rings. The van der Waals surface area contributed by atoms with E-state index < -0.39 is 35.0 Å². The molecule has 1 heterocycles. The lowest BCUT2D eigenvalue weighted by Gasteiger charge is -2.21. The van der Waals surface area contributed by atoms with Gasteiger partial charge < -0.3 is 18.9 Å². The number of nitro benzene ring substituents is 1. The molecule has 1 amide bonds. The Labute approximate surface area is 198 Å². The molecule has 0 spiro atoms. The van der Waals surface area contributed by atoms with Gasteiger partial charge in [0, 0.05) is 51.0 Å². The highest BCUT2D eigenvalue weighted by molar-refractivity contribution is 5.96. The Morgan fingerprint density at radius 2 is 1.43 bits per heavy atom. The average molecular weight is 485 g/mol. The first-order valence-corrected chi connectivity index (χ1v) is 9.99. The minimum absolute atomic E-state index is 0.0211. The van der Waals surface area contributed by atoms with Gasteiger partial charge in [-0.2, -0.15) is 5.01 Å². The van der Waals surface area contributed by atoms with Gasteiger partial charge in [-0.1, -0.05) is 0 Å². The monoisotopic (exact) mass is 485 g/mol. The summed E-state index contributed by atoms with van der Waals surface area (Å²) in [6.07, 6.45) is -1.20. The van der Waals surface area contributed by atoms with E-state index in [2.05, 4.69) is 5.10 Å². The third kappa shape index (κ3) is 5.76. The van der Waals surface area contributed by atoms with Gasteiger partial charge in [0.05, 0.1) is 4.92 Å². The number of rotatable bonds is 6. The van der Waals surface area contributed by atoms with Crippen LogP contribution in [0.2, 0.25) is 0 Å². The van der Waals surface area contributed by atoms with E-state index in [-0.39, 0.29) is 34.4 Å². The Balaban J connectivity index is 2.08. The van der Waals surface area contributed by atoms with Gasteiger partial charge in [0.1, 0.15) is 0 Å². The summed E-state index contributed by atoms with van der Waals surface area (Å²) in [5.41, 5.74) is 0.357. The molecule has 0 aliphatic carbocycles. The van der Waals surface area contributed by atoms with E-state index in [0.717, 1.165) is 25.8 Å². The van der Waals surface area contributed by atoms with E-state index in [1.54, 1.807) is 0 Å². The zero-order valence-electron chi connectivity index (χ0n) is 19.0. The number of esters is 3. The zero-order chi connectivity index (χ0) is 25.9. The fraction of sp³-hybridized carbons (Fsp3) is 0.227. The van der Waals surface area contributed by atoms with Gasteiger partial charge in [-0.3, -0.25) is 29.3 Å². The number of benzene rings is 2. The fourth-order valence-corrected chi connectivity index (χ4v) is 3.07. The molecule has 1 aliphatic heterocycles. The number of hydrogen-bond acceptors (Lipinski definition) is 11. The van der Waals surface area contributed by atoms with Crippen molar-refractivity contribution < 1.29 is 43.0 Å². The molecule has 182 valence electrons. The zero-order valence-corrected chi connectivity index (χ0v) is 19.0. The van der Waals surface area contributed by atoms with Crippen LogP contribution >= 0.6 is 0 Å². The SMILES string of the molecule is CC(=O)Oc1cc([C@H]2OC(c3ccc([N+](=O)[O-])cc3)=NN2C(C)=O)cc(OC(C)=O)c1OC(C)=O. The van der Waals surface area contributed by atoms with Gasteiger partial charge in [0.25, 0.3) is 5.69 Å². The second-order valence-corrected chi connectivity index (χ2v) is 7.17. The summed E-state index contributed by atoms with van der Waals surface area (Å²) < 4.78 is 21.2. The van der Waals surface area contributed by atoms with Crippen LogP contribution in [0.3, 0.4) is 0 Å². The molecule has 2 aromatic carbocycles. The number of hydrogen-bond donors (Lipinski definition) is 0. The topological polar surface area (TPSA) is 164 Å². The van der Waals surface area contributed by atoms with Crippen LogP contribution in [0.25, 0.3) is 0 Å². The molecular formula is C22H19N3O10. The maximum Gasteiger partial charge on any atom is 0.308 e. The van der Waals surface area contributed by atoms with Gasteiger partial charge in [-0.15, -0.1) is 5.10 Å². The van der Waals surface area contributed by atoms with Gasteiger partial charge in [0.2, 0.25) is 23.8 Å². The maximum absolute atomic E-state index is 12.3. The number of nitrogens with zero attached hydrogens (tertiary/aromatic N) is 3.